The summed E-state index contributed by atoms with van der Waals surface area (Å²) in [6, 6.07) is 21.1. The average molecular weight is 523 g/mol. The van der Waals surface area contributed by atoms with Gasteiger partial charge in [-0.25, -0.2) is 11.1 Å². The van der Waals surface area contributed by atoms with E-state index in [2.05, 4.69) is 86.7 Å². The molecule has 0 fully saturated rings. The van der Waals surface area contributed by atoms with Gasteiger partial charge in [-0.15, -0.1) is 48.5 Å². The van der Waals surface area contributed by atoms with Gasteiger partial charge in [-0.1, -0.05) is 126 Å². The molecule has 0 saturated heterocycles. The summed E-state index contributed by atoms with van der Waals surface area (Å²) in [5.74, 6) is 0. The summed E-state index contributed by atoms with van der Waals surface area (Å²) < 4.78 is 0. The smallest absolute Gasteiger partial charge is 0.201 e. The molecule has 2 aliphatic rings. The second-order valence-electron chi connectivity index (χ2n) is 8.78. The molecule has 0 saturated carbocycles. The molecule has 2 aromatic rings. The van der Waals surface area contributed by atoms with E-state index in [1.54, 1.807) is 0 Å². The van der Waals surface area contributed by atoms with Gasteiger partial charge in [-0.05, 0) is 0 Å². The van der Waals surface area contributed by atoms with Crippen LogP contribution in [0.5, 0.6) is 0 Å². The van der Waals surface area contributed by atoms with Gasteiger partial charge in [0, 0.05) is 12.8 Å². The van der Waals surface area contributed by atoms with Crippen molar-refractivity contribution < 1.29 is 21.7 Å². The minimum absolute atomic E-state index is 0. The van der Waals surface area contributed by atoms with E-state index in [0.717, 1.165) is 12.8 Å². The van der Waals surface area contributed by atoms with Crippen molar-refractivity contribution >= 4 is 0 Å². The van der Waals surface area contributed by atoms with Gasteiger partial charge in [-0.3, -0.25) is 0 Å². The zero-order valence-electron chi connectivity index (χ0n) is 22.7. The van der Waals surface area contributed by atoms with Crippen LogP contribution in [0.25, 0.3) is 0 Å². The molecule has 0 aliphatic heterocycles. The molecular formula is C36H42Ti. The van der Waals surface area contributed by atoms with Gasteiger partial charge in [0.05, 0.1) is 0 Å². The van der Waals surface area contributed by atoms with E-state index in [1.165, 1.54) is 60.8 Å². The molecule has 0 nitrogen and oxygen atoms in total. The van der Waals surface area contributed by atoms with Crippen molar-refractivity contribution in [2.75, 3.05) is 0 Å². The van der Waals surface area contributed by atoms with E-state index in [0.29, 0.717) is 0 Å². The first-order valence-electron chi connectivity index (χ1n) is 13.5. The van der Waals surface area contributed by atoms with E-state index in [-0.39, 0.29) is 21.7 Å². The molecule has 0 bridgehead atoms. The van der Waals surface area contributed by atoms with E-state index in [4.69, 9.17) is 0 Å². The summed E-state index contributed by atoms with van der Waals surface area (Å²) in [5, 5.41) is 0. The molecule has 0 heterocycles. The Labute approximate surface area is 242 Å². The standard InChI is InChI=1S/C26H32.2C5H5.Ti/c1-3-5-9-19-25(21-23-15-11-7-12-16-23)26(20-10-6-4-2)22-24-17-13-8-14-18-24;2*1-2-4-5-3-1;/h7-8,11-18H,3-6,9-10,19-20H2,1-2H3;2*1-5H;/q-2;;;+2. The molecule has 4 rings (SSSR count). The zero-order valence-corrected chi connectivity index (χ0v) is 24.3. The van der Waals surface area contributed by atoms with Crippen molar-refractivity contribution in [1.29, 1.82) is 0 Å². The van der Waals surface area contributed by atoms with Crippen LogP contribution in [0.2, 0.25) is 0 Å². The quantitative estimate of drug-likeness (QED) is 0.119. The van der Waals surface area contributed by atoms with Crippen molar-refractivity contribution in [3.63, 3.8) is 0 Å². The maximum atomic E-state index is 3.70. The summed E-state index contributed by atoms with van der Waals surface area (Å²) in [5.41, 5.74) is 5.01. The topological polar surface area (TPSA) is 0 Å². The van der Waals surface area contributed by atoms with Crippen LogP contribution in [0, 0.1) is 25.0 Å². The van der Waals surface area contributed by atoms with Crippen LogP contribution in [0.15, 0.2) is 120 Å². The van der Waals surface area contributed by atoms with Crippen LogP contribution < -0.4 is 0 Å². The Kier molecular flexibility index (Phi) is 20.1. The number of hydrogen-bond acceptors (Lipinski definition) is 0. The number of allylic oxidation sites excluding steroid dienone is 10. The Morgan fingerprint density at radius 3 is 1.11 bits per heavy atom. The van der Waals surface area contributed by atoms with Crippen LogP contribution in [0.1, 0.15) is 76.3 Å². The summed E-state index contributed by atoms with van der Waals surface area (Å²) in [7, 11) is 0. The minimum Gasteiger partial charge on any atom is -0.201 e. The summed E-state index contributed by atoms with van der Waals surface area (Å²) in [4.78, 5) is 0. The predicted molar refractivity (Wildman–Crippen MR) is 158 cm³/mol. The third kappa shape index (κ3) is 16.1. The second kappa shape index (κ2) is 22.8. The minimum atomic E-state index is 0. The first-order chi connectivity index (χ1) is 17.8. The number of unbranched alkanes of at least 4 members (excludes halogenated alkanes) is 4. The normalized spacial score (nSPS) is 13.5. The molecule has 2 aromatic carbocycles. The molecule has 37 heavy (non-hydrogen) atoms. The maximum absolute atomic E-state index is 3.70. The SMILES string of the molecule is CCCCCC(=[C-]c1ccccc1)C(=[C-]c1ccccc1)CCCCC.[CH]1C=CC=C1.[CH]1C=CC=C1.[Ti+2]. The summed E-state index contributed by atoms with van der Waals surface area (Å²) in [6.45, 7) is 4.52. The Morgan fingerprint density at radius 2 is 0.838 bits per heavy atom. The Morgan fingerprint density at radius 1 is 0.486 bits per heavy atom. The van der Waals surface area contributed by atoms with Crippen LogP contribution in [-0.2, 0) is 21.7 Å². The largest absolute Gasteiger partial charge is 2.00 e. The molecule has 2 radical (unpaired) electrons. The molecule has 0 N–H and O–H groups in total. The maximum Gasteiger partial charge on any atom is 2.00 e. The van der Waals surface area contributed by atoms with Gasteiger partial charge in [-0.2, -0.15) is 23.3 Å². The first-order valence-corrected chi connectivity index (χ1v) is 13.5. The van der Waals surface area contributed by atoms with Crippen molar-refractivity contribution in [3.8, 4) is 0 Å². The Balaban J connectivity index is 0.000000512. The molecule has 0 unspecified atom stereocenters. The molecule has 0 spiro atoms. The van der Waals surface area contributed by atoms with Crippen LogP contribution in [0.4, 0.5) is 0 Å². The van der Waals surface area contributed by atoms with Gasteiger partial charge >= 0.3 is 21.7 Å². The van der Waals surface area contributed by atoms with Crippen LogP contribution >= 0.6 is 0 Å². The van der Waals surface area contributed by atoms with Crippen LogP contribution in [0.3, 0.4) is 0 Å². The molecule has 2 aliphatic carbocycles. The fourth-order valence-corrected chi connectivity index (χ4v) is 3.71. The van der Waals surface area contributed by atoms with E-state index < -0.39 is 0 Å². The van der Waals surface area contributed by atoms with Crippen molar-refractivity contribution in [1.82, 2.24) is 0 Å². The number of benzene rings is 2. The van der Waals surface area contributed by atoms with E-state index in [1.807, 2.05) is 61.4 Å². The molecule has 0 amide bonds. The van der Waals surface area contributed by atoms with Gasteiger partial charge in [0.2, 0.25) is 0 Å². The monoisotopic (exact) mass is 522 g/mol. The fourth-order valence-electron chi connectivity index (χ4n) is 3.71. The van der Waals surface area contributed by atoms with Crippen molar-refractivity contribution in [2.45, 2.75) is 65.2 Å². The Bertz CT molecular complexity index is 884. The average Bonchev–Trinajstić information content (AvgIpc) is 3.69. The number of rotatable bonds is 11. The molecule has 0 aromatic heterocycles. The molecular weight excluding hydrogens is 480 g/mol. The molecule has 0 atom stereocenters. The Hall–Kier alpha value is -2.41. The molecule has 1 heteroatoms. The number of hydrogen-bond donors (Lipinski definition) is 0. The summed E-state index contributed by atoms with van der Waals surface area (Å²) in [6.07, 6.45) is 37.1. The van der Waals surface area contributed by atoms with Gasteiger partial charge in [0.15, 0.2) is 0 Å². The van der Waals surface area contributed by atoms with Gasteiger partial charge < -0.3 is 0 Å². The van der Waals surface area contributed by atoms with Gasteiger partial charge in [0.1, 0.15) is 0 Å². The van der Waals surface area contributed by atoms with Crippen LogP contribution in [-0.4, -0.2) is 0 Å². The second-order valence-corrected chi connectivity index (χ2v) is 8.78. The first kappa shape index (κ1) is 32.6. The molecule has 190 valence electrons. The van der Waals surface area contributed by atoms with Crippen molar-refractivity contribution in [2.24, 2.45) is 0 Å². The van der Waals surface area contributed by atoms with Gasteiger partial charge in [0.25, 0.3) is 0 Å². The summed E-state index contributed by atoms with van der Waals surface area (Å²) >= 11 is 0. The zero-order chi connectivity index (χ0) is 25.5. The van der Waals surface area contributed by atoms with E-state index in [9.17, 15) is 0 Å². The van der Waals surface area contributed by atoms with E-state index >= 15 is 0 Å². The van der Waals surface area contributed by atoms with Crippen molar-refractivity contribution in [3.05, 3.63) is 157 Å². The third-order valence-corrected chi connectivity index (χ3v) is 5.67. The third-order valence-electron chi connectivity index (χ3n) is 5.67. The fraction of sp³-hybridized carbons (Fsp3) is 0.278. The predicted octanol–water partition coefficient (Wildman–Crippen LogP) is 10.3.